The first kappa shape index (κ1) is 19.1. The molecule has 27 heavy (non-hydrogen) atoms. The summed E-state index contributed by atoms with van der Waals surface area (Å²) >= 11 is 0. The maximum absolute atomic E-state index is 12.3. The maximum atomic E-state index is 12.3. The molecule has 0 bridgehead atoms. The lowest BCUT2D eigenvalue weighted by Crippen LogP contribution is -2.46. The number of fused-ring (bicyclic) bond motifs is 1. The molecule has 144 valence electrons. The fourth-order valence-electron chi connectivity index (χ4n) is 3.64. The summed E-state index contributed by atoms with van der Waals surface area (Å²) in [6.07, 6.45) is 2.73. The van der Waals surface area contributed by atoms with Crippen molar-refractivity contribution in [2.45, 2.75) is 45.1 Å². The molecule has 0 spiro atoms. The van der Waals surface area contributed by atoms with Crippen LogP contribution < -0.4 is 5.32 Å². The van der Waals surface area contributed by atoms with Gasteiger partial charge in [-0.15, -0.1) is 0 Å². The quantitative estimate of drug-likeness (QED) is 0.769. The zero-order valence-electron chi connectivity index (χ0n) is 15.6. The Labute approximate surface area is 158 Å². The average Bonchev–Trinajstić information content (AvgIpc) is 2.93. The lowest BCUT2D eigenvalue weighted by Gasteiger charge is -2.32. The van der Waals surface area contributed by atoms with Crippen LogP contribution in [0.5, 0.6) is 0 Å². The van der Waals surface area contributed by atoms with Crippen LogP contribution in [0.15, 0.2) is 24.3 Å². The van der Waals surface area contributed by atoms with Gasteiger partial charge in [0.2, 0.25) is 11.8 Å². The van der Waals surface area contributed by atoms with Crippen LogP contribution in [-0.2, 0) is 9.59 Å². The standard InChI is InChI=1S/C20H25N3O4/c1-2-18(25)22-12-9-14(10-13-22)21-17(24)8-5-11-23-19(26)15-6-3-4-7-16(15)20(23)27/h3-4,6-7,14H,2,5,8-13H2,1H3,(H,21,24). The van der Waals surface area contributed by atoms with Gasteiger partial charge in [0, 0.05) is 38.5 Å². The van der Waals surface area contributed by atoms with Gasteiger partial charge in [-0.05, 0) is 31.4 Å². The van der Waals surface area contributed by atoms with E-state index in [9.17, 15) is 19.2 Å². The molecule has 0 aromatic heterocycles. The smallest absolute Gasteiger partial charge is 0.261 e. The molecule has 4 amide bonds. The van der Waals surface area contributed by atoms with Gasteiger partial charge in [0.25, 0.3) is 11.8 Å². The number of likely N-dealkylation sites (tertiary alicyclic amines) is 1. The van der Waals surface area contributed by atoms with Crippen LogP contribution in [0.4, 0.5) is 0 Å². The predicted molar refractivity (Wildman–Crippen MR) is 99.1 cm³/mol. The van der Waals surface area contributed by atoms with Crippen LogP contribution >= 0.6 is 0 Å². The molecule has 0 saturated carbocycles. The molecule has 0 radical (unpaired) electrons. The Morgan fingerprint density at radius 2 is 1.67 bits per heavy atom. The molecular formula is C20H25N3O4. The first-order valence-corrected chi connectivity index (χ1v) is 9.53. The van der Waals surface area contributed by atoms with Gasteiger partial charge in [-0.2, -0.15) is 0 Å². The van der Waals surface area contributed by atoms with Crippen LogP contribution in [0.25, 0.3) is 0 Å². The van der Waals surface area contributed by atoms with E-state index in [-0.39, 0.29) is 42.6 Å². The number of carbonyl (C=O) groups is 4. The SMILES string of the molecule is CCC(=O)N1CCC(NC(=O)CCCN2C(=O)c3ccccc3C2=O)CC1. The second-order valence-corrected chi connectivity index (χ2v) is 6.99. The van der Waals surface area contributed by atoms with Gasteiger partial charge in [-0.3, -0.25) is 24.1 Å². The van der Waals surface area contributed by atoms with Gasteiger partial charge < -0.3 is 10.2 Å². The Kier molecular flexibility index (Phi) is 5.88. The minimum Gasteiger partial charge on any atom is -0.353 e. The molecule has 1 fully saturated rings. The average molecular weight is 371 g/mol. The fourth-order valence-corrected chi connectivity index (χ4v) is 3.64. The number of nitrogens with zero attached hydrogens (tertiary/aromatic N) is 2. The molecule has 0 unspecified atom stereocenters. The summed E-state index contributed by atoms with van der Waals surface area (Å²) in [7, 11) is 0. The van der Waals surface area contributed by atoms with E-state index in [4.69, 9.17) is 0 Å². The monoisotopic (exact) mass is 371 g/mol. The largest absolute Gasteiger partial charge is 0.353 e. The molecule has 1 saturated heterocycles. The molecule has 1 aromatic rings. The molecule has 1 aromatic carbocycles. The molecule has 0 aliphatic carbocycles. The van der Waals surface area contributed by atoms with E-state index in [0.717, 1.165) is 12.8 Å². The summed E-state index contributed by atoms with van der Waals surface area (Å²) in [6, 6.07) is 6.86. The molecule has 3 rings (SSSR count). The topological polar surface area (TPSA) is 86.8 Å². The van der Waals surface area contributed by atoms with Gasteiger partial charge in [0.1, 0.15) is 0 Å². The Balaban J connectivity index is 1.40. The Hall–Kier alpha value is -2.70. The third-order valence-corrected chi connectivity index (χ3v) is 5.18. The van der Waals surface area contributed by atoms with Crippen LogP contribution in [0.2, 0.25) is 0 Å². The Morgan fingerprint density at radius 1 is 1.07 bits per heavy atom. The third-order valence-electron chi connectivity index (χ3n) is 5.18. The van der Waals surface area contributed by atoms with Crippen molar-refractivity contribution < 1.29 is 19.2 Å². The highest BCUT2D eigenvalue weighted by atomic mass is 16.2. The molecule has 0 atom stereocenters. The zero-order chi connectivity index (χ0) is 19.4. The number of nitrogens with one attached hydrogen (secondary N) is 1. The highest BCUT2D eigenvalue weighted by Gasteiger charge is 2.34. The Morgan fingerprint density at radius 3 is 2.22 bits per heavy atom. The van der Waals surface area contributed by atoms with Crippen molar-refractivity contribution in [3.05, 3.63) is 35.4 Å². The second-order valence-electron chi connectivity index (χ2n) is 6.99. The lowest BCUT2D eigenvalue weighted by molar-refractivity contribution is -0.132. The zero-order valence-corrected chi connectivity index (χ0v) is 15.6. The lowest BCUT2D eigenvalue weighted by atomic mass is 10.0. The number of imide groups is 1. The first-order chi connectivity index (χ1) is 13.0. The predicted octanol–water partition coefficient (Wildman–Crippen LogP) is 1.58. The van der Waals surface area contributed by atoms with Crippen molar-refractivity contribution in [3.63, 3.8) is 0 Å². The first-order valence-electron chi connectivity index (χ1n) is 9.53. The van der Waals surface area contributed by atoms with Crippen molar-refractivity contribution in [1.29, 1.82) is 0 Å². The molecular weight excluding hydrogens is 346 g/mol. The highest BCUT2D eigenvalue weighted by Crippen LogP contribution is 2.22. The van der Waals surface area contributed by atoms with Crippen LogP contribution in [-0.4, -0.2) is 59.1 Å². The minimum atomic E-state index is -0.288. The summed E-state index contributed by atoms with van der Waals surface area (Å²) in [5.41, 5.74) is 0.862. The number of benzene rings is 1. The molecule has 2 aliphatic rings. The van der Waals surface area contributed by atoms with E-state index in [1.165, 1.54) is 4.90 Å². The number of hydrogen-bond acceptors (Lipinski definition) is 4. The van der Waals surface area contributed by atoms with Crippen molar-refractivity contribution in [2.24, 2.45) is 0 Å². The van der Waals surface area contributed by atoms with Crippen molar-refractivity contribution in [3.8, 4) is 0 Å². The van der Waals surface area contributed by atoms with Crippen molar-refractivity contribution >= 4 is 23.6 Å². The molecule has 7 nitrogen and oxygen atoms in total. The highest BCUT2D eigenvalue weighted by molar-refractivity contribution is 6.21. The number of hydrogen-bond donors (Lipinski definition) is 1. The normalized spacial score (nSPS) is 17.2. The second kappa shape index (κ2) is 8.33. The van der Waals surface area contributed by atoms with E-state index in [1.807, 2.05) is 11.8 Å². The van der Waals surface area contributed by atoms with Gasteiger partial charge in [-0.1, -0.05) is 19.1 Å². The van der Waals surface area contributed by atoms with Crippen LogP contribution in [0, 0.1) is 0 Å². The number of amides is 4. The van der Waals surface area contributed by atoms with Gasteiger partial charge in [0.15, 0.2) is 0 Å². The van der Waals surface area contributed by atoms with Crippen LogP contribution in [0.3, 0.4) is 0 Å². The van der Waals surface area contributed by atoms with E-state index < -0.39 is 0 Å². The number of rotatable bonds is 6. The van der Waals surface area contributed by atoms with E-state index in [1.54, 1.807) is 24.3 Å². The van der Waals surface area contributed by atoms with Gasteiger partial charge in [-0.25, -0.2) is 0 Å². The molecule has 2 aliphatic heterocycles. The fraction of sp³-hybridized carbons (Fsp3) is 0.500. The summed E-state index contributed by atoms with van der Waals surface area (Å²) in [4.78, 5) is 51.5. The van der Waals surface area contributed by atoms with Crippen molar-refractivity contribution in [1.82, 2.24) is 15.1 Å². The summed E-state index contributed by atoms with van der Waals surface area (Å²) in [5, 5.41) is 3.00. The van der Waals surface area contributed by atoms with Gasteiger partial charge >= 0.3 is 0 Å². The van der Waals surface area contributed by atoms with Crippen LogP contribution in [0.1, 0.15) is 59.7 Å². The third kappa shape index (κ3) is 4.18. The number of piperidine rings is 1. The number of carbonyl (C=O) groups excluding carboxylic acids is 4. The van der Waals surface area contributed by atoms with Crippen molar-refractivity contribution in [2.75, 3.05) is 19.6 Å². The Bertz CT molecular complexity index is 718. The summed E-state index contributed by atoms with van der Waals surface area (Å²) < 4.78 is 0. The summed E-state index contributed by atoms with van der Waals surface area (Å²) in [5.74, 6) is -0.499. The van der Waals surface area contributed by atoms with E-state index in [0.29, 0.717) is 37.1 Å². The maximum Gasteiger partial charge on any atom is 0.261 e. The van der Waals surface area contributed by atoms with Gasteiger partial charge in [0.05, 0.1) is 11.1 Å². The van der Waals surface area contributed by atoms with E-state index in [2.05, 4.69) is 5.32 Å². The molecule has 7 heteroatoms. The molecule has 1 N–H and O–H groups in total. The van der Waals surface area contributed by atoms with E-state index >= 15 is 0 Å². The summed E-state index contributed by atoms with van der Waals surface area (Å²) in [6.45, 7) is 3.44. The minimum absolute atomic E-state index is 0.0770. The molecule has 2 heterocycles.